The molecule has 0 fully saturated rings. The molecule has 0 amide bonds. The SMILES string of the molecule is Cc1cn(C)c2ocnc12. The van der Waals surface area contributed by atoms with Crippen molar-refractivity contribution in [2.75, 3.05) is 0 Å². The minimum absolute atomic E-state index is 0.845. The molecule has 0 unspecified atom stereocenters. The van der Waals surface area contributed by atoms with Crippen molar-refractivity contribution in [3.63, 3.8) is 0 Å². The summed E-state index contributed by atoms with van der Waals surface area (Å²) < 4.78 is 7.05. The first-order chi connectivity index (χ1) is 4.79. The molecule has 10 heavy (non-hydrogen) atoms. The quantitative estimate of drug-likeness (QED) is 0.549. The molecule has 2 heterocycles. The van der Waals surface area contributed by atoms with E-state index >= 15 is 0 Å². The molecule has 0 aliphatic rings. The Labute approximate surface area is 58.3 Å². The van der Waals surface area contributed by atoms with Crippen LogP contribution in [0.2, 0.25) is 0 Å². The Bertz CT molecular complexity index is 327. The van der Waals surface area contributed by atoms with E-state index in [0.29, 0.717) is 0 Å². The maximum atomic E-state index is 5.12. The highest BCUT2D eigenvalue weighted by Gasteiger charge is 2.05. The third-order valence-electron chi connectivity index (χ3n) is 1.63. The summed E-state index contributed by atoms with van der Waals surface area (Å²) in [6.07, 6.45) is 3.47. The van der Waals surface area contributed by atoms with Crippen LogP contribution in [0, 0.1) is 6.92 Å². The van der Waals surface area contributed by atoms with E-state index < -0.39 is 0 Å². The van der Waals surface area contributed by atoms with Gasteiger partial charge < -0.3 is 8.98 Å². The monoisotopic (exact) mass is 136 g/mol. The van der Waals surface area contributed by atoms with E-state index in [1.165, 1.54) is 6.39 Å². The van der Waals surface area contributed by atoms with E-state index in [-0.39, 0.29) is 0 Å². The summed E-state index contributed by atoms with van der Waals surface area (Å²) in [5, 5.41) is 0. The van der Waals surface area contributed by atoms with E-state index in [1.807, 2.05) is 24.7 Å². The third-order valence-corrected chi connectivity index (χ3v) is 1.63. The molecule has 0 aliphatic heterocycles. The maximum absolute atomic E-state index is 5.12. The maximum Gasteiger partial charge on any atom is 0.227 e. The summed E-state index contributed by atoms with van der Waals surface area (Å²) in [6.45, 7) is 2.02. The lowest BCUT2D eigenvalue weighted by atomic mass is 10.4. The molecule has 0 aliphatic carbocycles. The molecule has 0 N–H and O–H groups in total. The lowest BCUT2D eigenvalue weighted by Crippen LogP contribution is -1.79. The summed E-state index contributed by atoms with van der Waals surface area (Å²) in [7, 11) is 1.94. The fourth-order valence-electron chi connectivity index (χ4n) is 1.17. The molecular weight excluding hydrogens is 128 g/mol. The second-order valence-electron chi connectivity index (χ2n) is 2.43. The van der Waals surface area contributed by atoms with Crippen LogP contribution >= 0.6 is 0 Å². The van der Waals surface area contributed by atoms with Gasteiger partial charge in [0.1, 0.15) is 5.52 Å². The lowest BCUT2D eigenvalue weighted by Gasteiger charge is -1.84. The van der Waals surface area contributed by atoms with Gasteiger partial charge in [-0.15, -0.1) is 0 Å². The normalized spacial score (nSPS) is 11.0. The molecule has 3 nitrogen and oxygen atoms in total. The number of oxazole rings is 1. The van der Waals surface area contributed by atoms with Gasteiger partial charge in [0.05, 0.1) is 0 Å². The zero-order chi connectivity index (χ0) is 7.14. The summed E-state index contributed by atoms with van der Waals surface area (Å²) in [4.78, 5) is 4.05. The van der Waals surface area contributed by atoms with Crippen LogP contribution in [0.15, 0.2) is 17.0 Å². The van der Waals surface area contributed by atoms with Gasteiger partial charge in [0, 0.05) is 13.2 Å². The number of fused-ring (bicyclic) bond motifs is 1. The van der Waals surface area contributed by atoms with Gasteiger partial charge in [0.25, 0.3) is 0 Å². The molecule has 0 radical (unpaired) electrons. The molecule has 2 aromatic heterocycles. The zero-order valence-electron chi connectivity index (χ0n) is 5.96. The van der Waals surface area contributed by atoms with Crippen molar-refractivity contribution in [3.8, 4) is 0 Å². The molecule has 0 spiro atoms. The molecule has 0 aromatic carbocycles. The van der Waals surface area contributed by atoms with Gasteiger partial charge in [-0.25, -0.2) is 4.98 Å². The van der Waals surface area contributed by atoms with E-state index in [2.05, 4.69) is 4.98 Å². The van der Waals surface area contributed by atoms with Crippen molar-refractivity contribution < 1.29 is 4.42 Å². The topological polar surface area (TPSA) is 31.0 Å². The first-order valence-corrected chi connectivity index (χ1v) is 3.14. The highest BCUT2D eigenvalue weighted by molar-refractivity contribution is 5.73. The number of aromatic nitrogens is 2. The summed E-state index contributed by atoms with van der Waals surface area (Å²) in [5.74, 6) is 0. The molecule has 0 atom stereocenters. The van der Waals surface area contributed by atoms with Gasteiger partial charge >= 0.3 is 0 Å². The van der Waals surface area contributed by atoms with Gasteiger partial charge in [0.2, 0.25) is 5.71 Å². The number of aryl methyl sites for hydroxylation is 2. The van der Waals surface area contributed by atoms with E-state index in [1.54, 1.807) is 0 Å². The molecule has 0 bridgehead atoms. The molecule has 2 rings (SSSR count). The second-order valence-corrected chi connectivity index (χ2v) is 2.43. The Morgan fingerprint density at radius 3 is 3.10 bits per heavy atom. The fraction of sp³-hybridized carbons (Fsp3) is 0.286. The first kappa shape index (κ1) is 5.53. The third kappa shape index (κ3) is 0.518. The Morgan fingerprint density at radius 1 is 1.60 bits per heavy atom. The van der Waals surface area contributed by atoms with Crippen molar-refractivity contribution in [1.29, 1.82) is 0 Å². The highest BCUT2D eigenvalue weighted by Crippen LogP contribution is 2.16. The number of hydrogen-bond acceptors (Lipinski definition) is 2. The number of nitrogens with zero attached hydrogens (tertiary/aromatic N) is 2. The average Bonchev–Trinajstić information content (AvgIpc) is 2.39. The average molecular weight is 136 g/mol. The standard InChI is InChI=1S/C7H8N2O/c1-5-3-9(2)7-6(5)8-4-10-7/h3-4H,1-2H3. The highest BCUT2D eigenvalue weighted by atomic mass is 16.3. The predicted molar refractivity (Wildman–Crippen MR) is 37.7 cm³/mol. The summed E-state index contributed by atoms with van der Waals surface area (Å²) in [6, 6.07) is 0. The van der Waals surface area contributed by atoms with E-state index in [0.717, 1.165) is 16.8 Å². The van der Waals surface area contributed by atoms with Crippen molar-refractivity contribution in [1.82, 2.24) is 9.55 Å². The lowest BCUT2D eigenvalue weighted by molar-refractivity contribution is 0.573. The molecule has 0 saturated carbocycles. The van der Waals surface area contributed by atoms with Gasteiger partial charge in [-0.05, 0) is 12.5 Å². The second kappa shape index (κ2) is 1.62. The zero-order valence-corrected chi connectivity index (χ0v) is 5.96. The van der Waals surface area contributed by atoms with Crippen LogP contribution < -0.4 is 0 Å². The summed E-state index contributed by atoms with van der Waals surface area (Å²) >= 11 is 0. The van der Waals surface area contributed by atoms with Gasteiger partial charge in [-0.2, -0.15) is 0 Å². The number of hydrogen-bond donors (Lipinski definition) is 0. The molecule has 3 heteroatoms. The van der Waals surface area contributed by atoms with E-state index in [9.17, 15) is 0 Å². The minimum atomic E-state index is 0.845. The van der Waals surface area contributed by atoms with E-state index in [4.69, 9.17) is 4.42 Å². The largest absolute Gasteiger partial charge is 0.427 e. The Balaban J connectivity index is 2.98. The first-order valence-electron chi connectivity index (χ1n) is 3.14. The predicted octanol–water partition coefficient (Wildman–Crippen LogP) is 1.47. The molecule has 52 valence electrons. The van der Waals surface area contributed by atoms with Gasteiger partial charge in [0.15, 0.2) is 6.39 Å². The smallest absolute Gasteiger partial charge is 0.227 e. The molecule has 0 saturated heterocycles. The Morgan fingerprint density at radius 2 is 2.40 bits per heavy atom. The summed E-state index contributed by atoms with van der Waals surface area (Å²) in [5.41, 5.74) is 2.96. The molecule has 2 aromatic rings. The van der Waals surface area contributed by atoms with Crippen LogP contribution in [0.25, 0.3) is 11.2 Å². The molecular formula is C7H8N2O. The van der Waals surface area contributed by atoms with Crippen molar-refractivity contribution in [2.24, 2.45) is 7.05 Å². The van der Waals surface area contributed by atoms with Crippen molar-refractivity contribution in [3.05, 3.63) is 18.2 Å². The number of rotatable bonds is 0. The van der Waals surface area contributed by atoms with Gasteiger partial charge in [-0.3, -0.25) is 0 Å². The fourth-order valence-corrected chi connectivity index (χ4v) is 1.17. The van der Waals surface area contributed by atoms with Gasteiger partial charge in [-0.1, -0.05) is 0 Å². The minimum Gasteiger partial charge on any atom is -0.427 e. The van der Waals surface area contributed by atoms with Crippen molar-refractivity contribution >= 4 is 11.2 Å². The van der Waals surface area contributed by atoms with Crippen LogP contribution in [0.4, 0.5) is 0 Å². The van der Waals surface area contributed by atoms with Crippen molar-refractivity contribution in [2.45, 2.75) is 6.92 Å². The van der Waals surface area contributed by atoms with Crippen LogP contribution in [0.1, 0.15) is 5.56 Å². The van der Waals surface area contributed by atoms with Crippen LogP contribution in [-0.4, -0.2) is 9.55 Å². The Hall–Kier alpha value is -1.25. The van der Waals surface area contributed by atoms with Crippen LogP contribution in [0.5, 0.6) is 0 Å². The Kier molecular flexibility index (Phi) is 0.897. The van der Waals surface area contributed by atoms with Crippen LogP contribution in [-0.2, 0) is 7.05 Å². The van der Waals surface area contributed by atoms with Crippen LogP contribution in [0.3, 0.4) is 0 Å².